The van der Waals surface area contributed by atoms with Crippen molar-refractivity contribution in [2.24, 2.45) is 11.8 Å². The van der Waals surface area contributed by atoms with Crippen molar-refractivity contribution in [3.63, 3.8) is 0 Å². The van der Waals surface area contributed by atoms with E-state index in [1.807, 2.05) is 0 Å². The summed E-state index contributed by atoms with van der Waals surface area (Å²) in [6.45, 7) is 10.6. The maximum atomic E-state index is 12.4. The van der Waals surface area contributed by atoms with E-state index in [0.29, 0.717) is 24.2 Å². The number of hydrogen-bond donors (Lipinski definition) is 0. The quantitative estimate of drug-likeness (QED) is 0.821. The summed E-state index contributed by atoms with van der Waals surface area (Å²) in [5.41, 5.74) is 3.90. The summed E-state index contributed by atoms with van der Waals surface area (Å²) in [5, 5.41) is 0. The zero-order chi connectivity index (χ0) is 14.7. The maximum absolute atomic E-state index is 12.4. The monoisotopic (exact) mass is 273 g/mol. The van der Waals surface area contributed by atoms with Gasteiger partial charge in [-0.3, -0.25) is 4.79 Å². The van der Waals surface area contributed by atoms with Crippen LogP contribution >= 0.6 is 0 Å². The molecule has 2 atom stereocenters. The van der Waals surface area contributed by atoms with Crippen LogP contribution in [-0.2, 0) is 11.2 Å². The third-order valence-electron chi connectivity index (χ3n) is 4.33. The molecule has 2 unspecified atom stereocenters. The Kier molecular flexibility index (Phi) is 4.85. The lowest BCUT2D eigenvalue weighted by Gasteiger charge is -2.35. The van der Waals surface area contributed by atoms with Gasteiger partial charge in [-0.2, -0.15) is 0 Å². The van der Waals surface area contributed by atoms with Gasteiger partial charge in [-0.1, -0.05) is 37.6 Å². The summed E-state index contributed by atoms with van der Waals surface area (Å²) in [4.78, 5) is 14.4. The number of nitrogens with zero attached hydrogens (tertiary/aromatic N) is 1. The normalized spacial score (nSPS) is 22.9. The summed E-state index contributed by atoms with van der Waals surface area (Å²) in [7, 11) is 0. The van der Waals surface area contributed by atoms with E-state index in [1.165, 1.54) is 23.1 Å². The first-order chi connectivity index (χ1) is 9.45. The fourth-order valence-corrected chi connectivity index (χ4v) is 3.39. The Morgan fingerprint density at radius 3 is 2.45 bits per heavy atom. The van der Waals surface area contributed by atoms with Crippen molar-refractivity contribution in [3.8, 4) is 0 Å². The van der Waals surface area contributed by atoms with E-state index in [0.717, 1.165) is 19.5 Å². The fourth-order valence-electron chi connectivity index (χ4n) is 3.39. The Morgan fingerprint density at radius 1 is 1.20 bits per heavy atom. The summed E-state index contributed by atoms with van der Waals surface area (Å²) < 4.78 is 0. The van der Waals surface area contributed by atoms with Crippen molar-refractivity contribution < 1.29 is 4.79 Å². The predicted octanol–water partition coefficient (Wildman–Crippen LogP) is 3.74. The van der Waals surface area contributed by atoms with Gasteiger partial charge in [0.15, 0.2) is 0 Å². The van der Waals surface area contributed by atoms with Crippen LogP contribution in [0.15, 0.2) is 18.2 Å². The Hall–Kier alpha value is -1.31. The number of rotatable bonds is 3. The molecule has 110 valence electrons. The predicted molar refractivity (Wildman–Crippen MR) is 83.8 cm³/mol. The van der Waals surface area contributed by atoms with Gasteiger partial charge >= 0.3 is 0 Å². The van der Waals surface area contributed by atoms with Gasteiger partial charge in [-0.05, 0) is 49.7 Å². The standard InChI is InChI=1S/C18H27NO/c1-13-5-6-17(16(4)10-13)7-8-18(20)19-11-14(2)9-15(3)12-19/h5-6,10,14-15H,7-9,11-12H2,1-4H3. The molecule has 1 aromatic rings. The third kappa shape index (κ3) is 3.84. The fraction of sp³-hybridized carbons (Fsp3) is 0.611. The second kappa shape index (κ2) is 6.43. The van der Waals surface area contributed by atoms with Crippen molar-refractivity contribution in [2.75, 3.05) is 13.1 Å². The van der Waals surface area contributed by atoms with Crippen molar-refractivity contribution in [1.29, 1.82) is 0 Å². The second-order valence-corrected chi connectivity index (χ2v) is 6.67. The number of likely N-dealkylation sites (tertiary alicyclic amines) is 1. The molecule has 0 saturated carbocycles. The van der Waals surface area contributed by atoms with E-state index >= 15 is 0 Å². The van der Waals surface area contributed by atoms with Crippen LogP contribution in [0.5, 0.6) is 0 Å². The number of piperidine rings is 1. The Labute approximate surface area is 123 Å². The lowest BCUT2D eigenvalue weighted by molar-refractivity contribution is -0.133. The van der Waals surface area contributed by atoms with Crippen LogP contribution < -0.4 is 0 Å². The molecule has 2 heteroatoms. The highest BCUT2D eigenvalue weighted by Crippen LogP contribution is 2.22. The zero-order valence-corrected chi connectivity index (χ0v) is 13.3. The summed E-state index contributed by atoms with van der Waals surface area (Å²) in [6.07, 6.45) is 2.76. The minimum absolute atomic E-state index is 0.323. The topological polar surface area (TPSA) is 20.3 Å². The van der Waals surface area contributed by atoms with E-state index in [9.17, 15) is 4.79 Å². The summed E-state index contributed by atoms with van der Waals surface area (Å²) in [6, 6.07) is 6.50. The highest BCUT2D eigenvalue weighted by atomic mass is 16.2. The molecule has 1 amide bonds. The molecule has 2 rings (SSSR count). The maximum Gasteiger partial charge on any atom is 0.222 e. The van der Waals surface area contributed by atoms with Crippen molar-refractivity contribution in [2.45, 2.75) is 47.0 Å². The van der Waals surface area contributed by atoms with E-state index in [-0.39, 0.29) is 0 Å². The van der Waals surface area contributed by atoms with E-state index in [1.54, 1.807) is 0 Å². The van der Waals surface area contributed by atoms with Gasteiger partial charge in [0.2, 0.25) is 5.91 Å². The van der Waals surface area contributed by atoms with Crippen LogP contribution in [0.1, 0.15) is 43.4 Å². The van der Waals surface area contributed by atoms with Crippen LogP contribution in [0.4, 0.5) is 0 Å². The first kappa shape index (κ1) is 15.1. The molecule has 20 heavy (non-hydrogen) atoms. The van der Waals surface area contributed by atoms with E-state index in [4.69, 9.17) is 0 Å². The molecule has 0 aromatic heterocycles. The lowest BCUT2D eigenvalue weighted by atomic mass is 9.91. The Morgan fingerprint density at radius 2 is 1.85 bits per heavy atom. The van der Waals surface area contributed by atoms with Gasteiger partial charge < -0.3 is 4.90 Å². The molecule has 1 fully saturated rings. The lowest BCUT2D eigenvalue weighted by Crippen LogP contribution is -2.42. The first-order valence-corrected chi connectivity index (χ1v) is 7.79. The van der Waals surface area contributed by atoms with Gasteiger partial charge in [0, 0.05) is 19.5 Å². The van der Waals surface area contributed by atoms with Crippen LogP contribution in [0.2, 0.25) is 0 Å². The molecule has 0 aliphatic carbocycles. The van der Waals surface area contributed by atoms with Gasteiger partial charge in [-0.25, -0.2) is 0 Å². The Balaban J connectivity index is 1.91. The van der Waals surface area contributed by atoms with Crippen molar-refractivity contribution in [1.82, 2.24) is 4.90 Å². The zero-order valence-electron chi connectivity index (χ0n) is 13.3. The summed E-state index contributed by atoms with van der Waals surface area (Å²) in [5.74, 6) is 1.61. The minimum Gasteiger partial charge on any atom is -0.342 e. The molecular formula is C18H27NO. The van der Waals surface area contributed by atoms with Gasteiger partial charge in [0.1, 0.15) is 0 Å². The first-order valence-electron chi connectivity index (χ1n) is 7.79. The van der Waals surface area contributed by atoms with Crippen molar-refractivity contribution in [3.05, 3.63) is 34.9 Å². The molecule has 0 N–H and O–H groups in total. The molecule has 1 heterocycles. The number of carbonyl (C=O) groups is 1. The number of aryl methyl sites for hydroxylation is 3. The van der Waals surface area contributed by atoms with Crippen LogP contribution in [0, 0.1) is 25.7 Å². The molecule has 0 bridgehead atoms. The smallest absolute Gasteiger partial charge is 0.222 e. The largest absolute Gasteiger partial charge is 0.342 e. The van der Waals surface area contributed by atoms with Gasteiger partial charge in [-0.15, -0.1) is 0 Å². The van der Waals surface area contributed by atoms with Crippen molar-refractivity contribution >= 4 is 5.91 Å². The minimum atomic E-state index is 0.323. The SMILES string of the molecule is Cc1ccc(CCC(=O)N2CC(C)CC(C)C2)c(C)c1. The molecule has 1 aliphatic heterocycles. The van der Waals surface area contributed by atoms with Crippen LogP contribution in [0.3, 0.4) is 0 Å². The molecule has 0 spiro atoms. The van der Waals surface area contributed by atoms with Gasteiger partial charge in [0.25, 0.3) is 0 Å². The van der Waals surface area contributed by atoms with Crippen LogP contribution in [0.25, 0.3) is 0 Å². The second-order valence-electron chi connectivity index (χ2n) is 6.67. The molecule has 2 nitrogen and oxygen atoms in total. The number of benzene rings is 1. The molecule has 1 aliphatic rings. The average molecular weight is 273 g/mol. The average Bonchev–Trinajstić information content (AvgIpc) is 2.36. The highest BCUT2D eigenvalue weighted by Gasteiger charge is 2.24. The Bertz CT molecular complexity index is 470. The van der Waals surface area contributed by atoms with Crippen LogP contribution in [-0.4, -0.2) is 23.9 Å². The van der Waals surface area contributed by atoms with E-state index in [2.05, 4.69) is 50.8 Å². The van der Waals surface area contributed by atoms with Gasteiger partial charge in [0.05, 0.1) is 0 Å². The molecule has 1 aromatic carbocycles. The molecule has 0 radical (unpaired) electrons. The number of hydrogen-bond acceptors (Lipinski definition) is 1. The third-order valence-corrected chi connectivity index (χ3v) is 4.33. The highest BCUT2D eigenvalue weighted by molar-refractivity contribution is 5.76. The summed E-state index contributed by atoms with van der Waals surface area (Å²) >= 11 is 0. The molecular weight excluding hydrogens is 246 g/mol. The number of amides is 1. The molecule has 1 saturated heterocycles. The number of carbonyl (C=O) groups excluding carboxylic acids is 1. The van der Waals surface area contributed by atoms with E-state index < -0.39 is 0 Å².